The Labute approximate surface area is 116 Å². The van der Waals surface area contributed by atoms with E-state index in [-0.39, 0.29) is 5.82 Å². The molecule has 1 aromatic rings. The predicted molar refractivity (Wildman–Crippen MR) is 79.0 cm³/mol. The van der Waals surface area contributed by atoms with Crippen LogP contribution >= 0.6 is 0 Å². The van der Waals surface area contributed by atoms with Crippen LogP contribution in [-0.2, 0) is 6.54 Å². The second-order valence-electron chi connectivity index (χ2n) is 5.98. The molecule has 1 fully saturated rings. The highest BCUT2D eigenvalue weighted by Crippen LogP contribution is 2.27. The van der Waals surface area contributed by atoms with Crippen molar-refractivity contribution in [3.05, 3.63) is 29.6 Å². The molecule has 0 radical (unpaired) electrons. The molecule has 0 spiro atoms. The molecule has 1 heterocycles. The molecule has 106 valence electrons. The van der Waals surface area contributed by atoms with E-state index in [9.17, 15) is 4.39 Å². The zero-order valence-corrected chi connectivity index (χ0v) is 12.2. The van der Waals surface area contributed by atoms with Gasteiger partial charge in [-0.1, -0.05) is 20.8 Å². The third kappa shape index (κ3) is 3.93. The Morgan fingerprint density at radius 1 is 1.32 bits per heavy atom. The molecule has 0 bridgehead atoms. The zero-order chi connectivity index (χ0) is 13.8. The SMILES string of the molecule is CC1CCN(c2ccc(F)cc2CNC(C)C)CC1. The highest BCUT2D eigenvalue weighted by molar-refractivity contribution is 5.54. The maximum Gasteiger partial charge on any atom is 0.123 e. The lowest BCUT2D eigenvalue weighted by Crippen LogP contribution is -2.34. The number of anilines is 1. The Balaban J connectivity index is 2.14. The number of hydrogen-bond donors (Lipinski definition) is 1. The summed E-state index contributed by atoms with van der Waals surface area (Å²) in [6, 6.07) is 5.59. The molecule has 0 saturated carbocycles. The minimum atomic E-state index is -0.144. The summed E-state index contributed by atoms with van der Waals surface area (Å²) in [5.74, 6) is 0.670. The fourth-order valence-electron chi connectivity index (χ4n) is 2.57. The Hall–Kier alpha value is -1.09. The molecule has 1 aliphatic heterocycles. The molecule has 1 saturated heterocycles. The van der Waals surface area contributed by atoms with Crippen LogP contribution in [0.4, 0.5) is 10.1 Å². The van der Waals surface area contributed by atoms with Gasteiger partial charge in [-0.3, -0.25) is 0 Å². The van der Waals surface area contributed by atoms with E-state index < -0.39 is 0 Å². The van der Waals surface area contributed by atoms with E-state index in [1.165, 1.54) is 18.5 Å². The minimum Gasteiger partial charge on any atom is -0.371 e. The molecule has 19 heavy (non-hydrogen) atoms. The van der Waals surface area contributed by atoms with Crippen molar-refractivity contribution >= 4 is 5.69 Å². The first-order valence-electron chi connectivity index (χ1n) is 7.33. The number of rotatable bonds is 4. The van der Waals surface area contributed by atoms with Gasteiger partial charge in [-0.25, -0.2) is 4.39 Å². The van der Waals surface area contributed by atoms with Crippen LogP contribution in [-0.4, -0.2) is 19.1 Å². The van der Waals surface area contributed by atoms with Crippen molar-refractivity contribution in [3.8, 4) is 0 Å². The fraction of sp³-hybridized carbons (Fsp3) is 0.625. The van der Waals surface area contributed by atoms with Crippen molar-refractivity contribution in [1.29, 1.82) is 0 Å². The molecule has 0 atom stereocenters. The third-order valence-electron chi connectivity index (χ3n) is 3.87. The Morgan fingerprint density at radius 3 is 2.63 bits per heavy atom. The lowest BCUT2D eigenvalue weighted by Gasteiger charge is -2.33. The Morgan fingerprint density at radius 2 is 2.00 bits per heavy atom. The highest BCUT2D eigenvalue weighted by atomic mass is 19.1. The number of hydrogen-bond acceptors (Lipinski definition) is 2. The maximum absolute atomic E-state index is 13.5. The number of nitrogens with zero attached hydrogens (tertiary/aromatic N) is 1. The Bertz CT molecular complexity index is 409. The van der Waals surface area contributed by atoms with E-state index in [4.69, 9.17) is 0 Å². The van der Waals surface area contributed by atoms with Gasteiger partial charge < -0.3 is 10.2 Å². The van der Waals surface area contributed by atoms with E-state index in [0.29, 0.717) is 6.04 Å². The van der Waals surface area contributed by atoms with Crippen LogP contribution in [0.5, 0.6) is 0 Å². The molecule has 2 rings (SSSR count). The van der Waals surface area contributed by atoms with Gasteiger partial charge in [0.05, 0.1) is 0 Å². The van der Waals surface area contributed by atoms with Gasteiger partial charge in [-0.2, -0.15) is 0 Å². The van der Waals surface area contributed by atoms with Gasteiger partial charge in [0.15, 0.2) is 0 Å². The number of nitrogens with one attached hydrogen (secondary N) is 1. The van der Waals surface area contributed by atoms with E-state index >= 15 is 0 Å². The second-order valence-corrected chi connectivity index (χ2v) is 5.98. The summed E-state index contributed by atoms with van der Waals surface area (Å²) < 4.78 is 13.5. The third-order valence-corrected chi connectivity index (χ3v) is 3.87. The van der Waals surface area contributed by atoms with Gasteiger partial charge in [-0.05, 0) is 42.5 Å². The molecule has 1 aliphatic rings. The van der Waals surface area contributed by atoms with Gasteiger partial charge in [0, 0.05) is 31.4 Å². The standard InChI is InChI=1S/C16H25FN2/c1-12(2)18-11-14-10-15(17)4-5-16(14)19-8-6-13(3)7-9-19/h4-5,10,12-13,18H,6-9,11H2,1-3H3. The van der Waals surface area contributed by atoms with Gasteiger partial charge in [0.25, 0.3) is 0 Å². The van der Waals surface area contributed by atoms with Crippen LogP contribution < -0.4 is 10.2 Å². The molecule has 1 aromatic carbocycles. The summed E-state index contributed by atoms with van der Waals surface area (Å²) in [7, 11) is 0. The Kier molecular flexibility index (Phi) is 4.81. The van der Waals surface area contributed by atoms with Crippen LogP contribution in [0.1, 0.15) is 39.2 Å². The molecular weight excluding hydrogens is 239 g/mol. The van der Waals surface area contributed by atoms with Crippen LogP contribution in [0.25, 0.3) is 0 Å². The van der Waals surface area contributed by atoms with Crippen molar-refractivity contribution in [2.75, 3.05) is 18.0 Å². The molecule has 2 nitrogen and oxygen atoms in total. The van der Waals surface area contributed by atoms with E-state index in [2.05, 4.69) is 31.0 Å². The lowest BCUT2D eigenvalue weighted by molar-refractivity contribution is 0.437. The van der Waals surface area contributed by atoms with Crippen molar-refractivity contribution in [3.63, 3.8) is 0 Å². The predicted octanol–water partition coefficient (Wildman–Crippen LogP) is 3.56. The first kappa shape index (κ1) is 14.3. The minimum absolute atomic E-state index is 0.144. The van der Waals surface area contributed by atoms with Crippen molar-refractivity contribution < 1.29 is 4.39 Å². The van der Waals surface area contributed by atoms with Crippen LogP contribution in [0, 0.1) is 11.7 Å². The van der Waals surface area contributed by atoms with E-state index in [0.717, 1.165) is 31.1 Å². The van der Waals surface area contributed by atoms with E-state index in [1.54, 1.807) is 12.1 Å². The summed E-state index contributed by atoms with van der Waals surface area (Å²) in [6.07, 6.45) is 2.46. The van der Waals surface area contributed by atoms with Crippen LogP contribution in [0.15, 0.2) is 18.2 Å². The van der Waals surface area contributed by atoms with Gasteiger partial charge in [0.1, 0.15) is 5.82 Å². The number of benzene rings is 1. The van der Waals surface area contributed by atoms with Gasteiger partial charge >= 0.3 is 0 Å². The lowest BCUT2D eigenvalue weighted by atomic mass is 9.98. The quantitative estimate of drug-likeness (QED) is 0.894. The summed E-state index contributed by atoms with van der Waals surface area (Å²) in [4.78, 5) is 2.40. The number of halogens is 1. The van der Waals surface area contributed by atoms with Crippen molar-refractivity contribution in [2.24, 2.45) is 5.92 Å². The fourth-order valence-corrected chi connectivity index (χ4v) is 2.57. The summed E-state index contributed by atoms with van der Waals surface area (Å²) >= 11 is 0. The smallest absolute Gasteiger partial charge is 0.123 e. The van der Waals surface area contributed by atoms with Gasteiger partial charge in [0.2, 0.25) is 0 Å². The van der Waals surface area contributed by atoms with E-state index in [1.807, 2.05) is 6.07 Å². The summed E-state index contributed by atoms with van der Waals surface area (Å²) in [5, 5.41) is 3.38. The first-order valence-corrected chi connectivity index (χ1v) is 7.33. The monoisotopic (exact) mass is 264 g/mol. The molecule has 0 unspecified atom stereocenters. The van der Waals surface area contributed by atoms with Crippen molar-refractivity contribution in [1.82, 2.24) is 5.32 Å². The second kappa shape index (κ2) is 6.38. The topological polar surface area (TPSA) is 15.3 Å². The zero-order valence-electron chi connectivity index (χ0n) is 12.2. The van der Waals surface area contributed by atoms with Crippen molar-refractivity contribution in [2.45, 2.75) is 46.2 Å². The summed E-state index contributed by atoms with van der Waals surface area (Å²) in [6.45, 7) is 9.44. The van der Waals surface area contributed by atoms with Crippen LogP contribution in [0.3, 0.4) is 0 Å². The summed E-state index contributed by atoms with van der Waals surface area (Å²) in [5.41, 5.74) is 2.27. The highest BCUT2D eigenvalue weighted by Gasteiger charge is 2.18. The molecular formula is C16H25FN2. The molecule has 0 amide bonds. The largest absolute Gasteiger partial charge is 0.371 e. The average molecular weight is 264 g/mol. The van der Waals surface area contributed by atoms with Crippen LogP contribution in [0.2, 0.25) is 0 Å². The molecule has 1 N–H and O–H groups in total. The molecule has 3 heteroatoms. The maximum atomic E-state index is 13.5. The normalized spacial score (nSPS) is 17.2. The first-order chi connectivity index (χ1) is 9.06. The molecule has 0 aliphatic carbocycles. The number of piperidine rings is 1. The molecule has 0 aromatic heterocycles. The average Bonchev–Trinajstić information content (AvgIpc) is 2.38. The van der Waals surface area contributed by atoms with Gasteiger partial charge in [-0.15, -0.1) is 0 Å².